The maximum atomic E-state index is 9.77. The molecule has 10 nitrogen and oxygen atoms in total. The quantitative estimate of drug-likeness (QED) is 0.292. The van der Waals surface area contributed by atoms with E-state index in [-0.39, 0.29) is 0 Å². The highest BCUT2D eigenvalue weighted by Gasteiger charge is 2.29. The second kappa shape index (κ2) is 13.2. The molecule has 37 heavy (non-hydrogen) atoms. The van der Waals surface area contributed by atoms with Gasteiger partial charge in [0.05, 0.1) is 5.69 Å². The Morgan fingerprint density at radius 3 is 2.05 bits per heavy atom. The smallest absolute Gasteiger partial charge is 0.335 e. The molecule has 3 aromatic rings. The summed E-state index contributed by atoms with van der Waals surface area (Å²) in [5, 5.41) is 33.2. The van der Waals surface area contributed by atoms with E-state index < -0.39 is 24.1 Å². The van der Waals surface area contributed by atoms with Crippen LogP contribution >= 0.6 is 11.3 Å². The third-order valence-electron chi connectivity index (χ3n) is 5.99. The summed E-state index contributed by atoms with van der Waals surface area (Å²) in [6.07, 6.45) is -3.53. The van der Waals surface area contributed by atoms with Crippen molar-refractivity contribution in [1.29, 1.82) is 0 Å². The van der Waals surface area contributed by atoms with Crippen LogP contribution in [-0.2, 0) is 16.0 Å². The number of piperazine rings is 1. The molecule has 2 aromatic carbocycles. The van der Waals surface area contributed by atoms with Gasteiger partial charge in [-0.05, 0) is 25.5 Å². The van der Waals surface area contributed by atoms with Crippen molar-refractivity contribution in [1.82, 2.24) is 9.88 Å². The predicted molar refractivity (Wildman–Crippen MR) is 143 cm³/mol. The molecule has 4 rings (SSSR count). The molecule has 1 fully saturated rings. The van der Waals surface area contributed by atoms with Gasteiger partial charge in [0.15, 0.2) is 17.3 Å². The molecule has 0 spiro atoms. The Balaban J connectivity index is 0.000000325. The number of carboxylic acid groups (broad SMARTS) is 2. The summed E-state index contributed by atoms with van der Waals surface area (Å²) in [5.74, 6) is -3.54. The lowest BCUT2D eigenvalue weighted by atomic mass is 10.1. The van der Waals surface area contributed by atoms with Crippen molar-refractivity contribution in [3.8, 4) is 11.3 Å². The summed E-state index contributed by atoms with van der Waals surface area (Å²) in [4.78, 5) is 30.4. The van der Waals surface area contributed by atoms with Gasteiger partial charge in [0.2, 0.25) is 0 Å². The number of nitrogen functional groups attached to an aromatic ring is 1. The Hall–Kier alpha value is -3.51. The molecule has 1 aromatic heterocycles. The zero-order valence-corrected chi connectivity index (χ0v) is 21.3. The van der Waals surface area contributed by atoms with E-state index in [1.54, 1.807) is 11.3 Å². The predicted octanol–water partition coefficient (Wildman–Crippen LogP) is 1.94. The minimum absolute atomic E-state index is 0.660. The summed E-state index contributed by atoms with van der Waals surface area (Å²) in [7, 11) is 0. The normalized spacial score (nSPS) is 15.4. The van der Waals surface area contributed by atoms with Gasteiger partial charge in [0, 0.05) is 48.9 Å². The van der Waals surface area contributed by atoms with Gasteiger partial charge in [-0.25, -0.2) is 14.6 Å². The largest absolute Gasteiger partial charge is 0.479 e. The number of aliphatic carboxylic acids is 2. The highest BCUT2D eigenvalue weighted by Crippen LogP contribution is 2.30. The molecule has 2 heterocycles. The molecule has 11 heteroatoms. The number of aliphatic hydroxyl groups excluding tert-OH is 2. The molecule has 0 amide bonds. The number of aromatic nitrogens is 1. The van der Waals surface area contributed by atoms with Gasteiger partial charge >= 0.3 is 11.9 Å². The number of carbonyl (C=O) groups is 2. The van der Waals surface area contributed by atoms with Crippen molar-refractivity contribution in [2.45, 2.75) is 25.6 Å². The van der Waals surface area contributed by atoms with Gasteiger partial charge in [-0.2, -0.15) is 0 Å². The lowest BCUT2D eigenvalue weighted by Crippen LogP contribution is -2.46. The summed E-state index contributed by atoms with van der Waals surface area (Å²) in [6.45, 7) is 7.56. The average molecular weight is 529 g/mol. The third kappa shape index (κ3) is 7.99. The number of thiazole rings is 1. The van der Waals surface area contributed by atoms with Crippen LogP contribution in [0.15, 0.2) is 54.6 Å². The minimum atomic E-state index is -2.27. The molecule has 2 atom stereocenters. The molecular formula is C26H32N4O6S. The number of aryl methyl sites for hydroxylation is 1. The van der Waals surface area contributed by atoms with Crippen LogP contribution < -0.4 is 10.6 Å². The van der Waals surface area contributed by atoms with E-state index in [1.165, 1.54) is 16.1 Å². The number of aliphatic hydroxyl groups is 2. The van der Waals surface area contributed by atoms with Crippen molar-refractivity contribution in [3.63, 3.8) is 0 Å². The van der Waals surface area contributed by atoms with Gasteiger partial charge in [-0.3, -0.25) is 4.90 Å². The van der Waals surface area contributed by atoms with Crippen molar-refractivity contribution in [2.75, 3.05) is 43.4 Å². The summed E-state index contributed by atoms with van der Waals surface area (Å²) in [6, 6.07) is 19.2. The lowest BCUT2D eigenvalue weighted by Gasteiger charge is -2.36. The Bertz CT molecular complexity index is 1150. The molecular weight excluding hydrogens is 496 g/mol. The molecule has 0 bridgehead atoms. The molecule has 2 unspecified atom stereocenters. The van der Waals surface area contributed by atoms with E-state index >= 15 is 0 Å². The number of nitrogens with zero attached hydrogens (tertiary/aromatic N) is 3. The highest BCUT2D eigenvalue weighted by molar-refractivity contribution is 7.15. The van der Waals surface area contributed by atoms with Gasteiger partial charge in [0.1, 0.15) is 0 Å². The van der Waals surface area contributed by atoms with Crippen LogP contribution in [0.5, 0.6) is 0 Å². The maximum absolute atomic E-state index is 9.77. The SMILES string of the molecule is Cc1ccc(N2CCN(CCc3sc(N)nc3-c3ccccc3)CC2)cc1.O=C(O)C(O)C(O)C(=O)O. The standard InChI is InChI=1S/C22H26N4S.C4H6O6/c1-17-7-9-19(10-8-17)26-15-13-25(14-16-26)12-11-20-21(24-22(23)27-20)18-5-3-2-4-6-18;5-1(3(7)8)2(6)4(9)10/h2-10H,11-16H2,1H3,(H2,23,24);1-2,5-6H,(H,7,8)(H,9,10). The lowest BCUT2D eigenvalue weighted by molar-refractivity contribution is -0.165. The Morgan fingerprint density at radius 2 is 1.51 bits per heavy atom. The van der Waals surface area contributed by atoms with Crippen molar-refractivity contribution in [3.05, 3.63) is 65.0 Å². The van der Waals surface area contributed by atoms with Crippen molar-refractivity contribution in [2.24, 2.45) is 0 Å². The summed E-state index contributed by atoms with van der Waals surface area (Å²) in [5.41, 5.74) is 10.9. The van der Waals surface area contributed by atoms with Crippen LogP contribution in [0.2, 0.25) is 0 Å². The number of hydrogen-bond acceptors (Lipinski definition) is 9. The van der Waals surface area contributed by atoms with E-state index in [0.717, 1.165) is 50.4 Å². The first kappa shape index (κ1) is 28.1. The number of rotatable bonds is 8. The first-order valence-electron chi connectivity index (χ1n) is 11.8. The molecule has 1 saturated heterocycles. The second-order valence-electron chi connectivity index (χ2n) is 8.67. The zero-order chi connectivity index (χ0) is 26.9. The summed E-state index contributed by atoms with van der Waals surface area (Å²) >= 11 is 1.63. The number of carboxylic acids is 2. The van der Waals surface area contributed by atoms with Crippen LogP contribution in [0.1, 0.15) is 10.4 Å². The average Bonchev–Trinajstić information content (AvgIpc) is 3.28. The first-order chi connectivity index (χ1) is 17.7. The molecule has 1 aliphatic rings. The molecule has 0 aliphatic carbocycles. The van der Waals surface area contributed by atoms with E-state index in [4.69, 9.17) is 26.2 Å². The molecule has 0 saturated carbocycles. The van der Waals surface area contributed by atoms with Crippen molar-refractivity contribution >= 4 is 34.1 Å². The van der Waals surface area contributed by atoms with Crippen LogP contribution in [0.25, 0.3) is 11.3 Å². The fraction of sp³-hybridized carbons (Fsp3) is 0.346. The van der Waals surface area contributed by atoms with E-state index in [1.807, 2.05) is 6.07 Å². The number of anilines is 2. The zero-order valence-electron chi connectivity index (χ0n) is 20.5. The van der Waals surface area contributed by atoms with Crippen LogP contribution in [0.4, 0.5) is 10.8 Å². The van der Waals surface area contributed by atoms with Crippen LogP contribution in [0, 0.1) is 6.92 Å². The van der Waals surface area contributed by atoms with Crippen LogP contribution in [0.3, 0.4) is 0 Å². The number of benzene rings is 2. The van der Waals surface area contributed by atoms with Gasteiger partial charge in [0.25, 0.3) is 0 Å². The van der Waals surface area contributed by atoms with Gasteiger partial charge < -0.3 is 31.1 Å². The van der Waals surface area contributed by atoms with E-state index in [0.29, 0.717) is 5.13 Å². The second-order valence-corrected chi connectivity index (χ2v) is 9.79. The first-order valence-corrected chi connectivity index (χ1v) is 12.6. The van der Waals surface area contributed by atoms with E-state index in [2.05, 4.69) is 70.2 Å². The monoisotopic (exact) mass is 528 g/mol. The number of nitrogens with two attached hydrogens (primary N) is 1. The molecule has 0 radical (unpaired) electrons. The third-order valence-corrected chi connectivity index (χ3v) is 6.94. The topological polar surface area (TPSA) is 160 Å². The minimum Gasteiger partial charge on any atom is -0.479 e. The Kier molecular flexibility index (Phi) is 9.98. The van der Waals surface area contributed by atoms with Crippen molar-refractivity contribution < 1.29 is 30.0 Å². The Morgan fingerprint density at radius 1 is 0.946 bits per heavy atom. The maximum Gasteiger partial charge on any atom is 0.335 e. The number of hydrogen-bond donors (Lipinski definition) is 5. The fourth-order valence-electron chi connectivity index (χ4n) is 3.88. The molecule has 198 valence electrons. The molecule has 1 aliphatic heterocycles. The fourth-order valence-corrected chi connectivity index (χ4v) is 4.72. The Labute approximate surface area is 219 Å². The summed E-state index contributed by atoms with van der Waals surface area (Å²) < 4.78 is 0. The van der Waals surface area contributed by atoms with Gasteiger partial charge in [-0.1, -0.05) is 48.0 Å². The highest BCUT2D eigenvalue weighted by atomic mass is 32.1. The molecule has 6 N–H and O–H groups in total. The van der Waals surface area contributed by atoms with E-state index in [9.17, 15) is 9.59 Å². The van der Waals surface area contributed by atoms with Gasteiger partial charge in [-0.15, -0.1) is 11.3 Å². The van der Waals surface area contributed by atoms with Crippen LogP contribution in [-0.4, -0.2) is 87.2 Å².